The monoisotopic (exact) mass is 308 g/mol. The van der Waals surface area contributed by atoms with Gasteiger partial charge in [0.1, 0.15) is 11.6 Å². The maximum Gasteiger partial charge on any atom is 0.234 e. The third kappa shape index (κ3) is 2.15. The number of imidazole rings is 1. The maximum atomic E-state index is 15.0. The molecule has 0 aliphatic heterocycles. The molecule has 112 valence electrons. The number of nitrogens with zero attached hydrogens (tertiary/aromatic N) is 4. The quantitative estimate of drug-likeness (QED) is 0.566. The molecule has 6 heteroatoms. The van der Waals surface area contributed by atoms with Crippen LogP contribution in [0.5, 0.6) is 0 Å². The van der Waals surface area contributed by atoms with Crippen LogP contribution in [0.1, 0.15) is 0 Å². The molecule has 0 bridgehead atoms. The lowest BCUT2D eigenvalue weighted by atomic mass is 10.0. The van der Waals surface area contributed by atoms with Gasteiger partial charge in [-0.1, -0.05) is 6.07 Å². The van der Waals surface area contributed by atoms with Crippen LogP contribution in [0.3, 0.4) is 0 Å². The molecule has 0 unspecified atom stereocenters. The highest BCUT2D eigenvalue weighted by Gasteiger charge is 2.19. The van der Waals surface area contributed by atoms with Gasteiger partial charge in [-0.2, -0.15) is 0 Å². The molecule has 0 atom stereocenters. The van der Waals surface area contributed by atoms with Gasteiger partial charge in [0.2, 0.25) is 5.78 Å². The predicted octanol–water partition coefficient (Wildman–Crippen LogP) is 3.74. The van der Waals surface area contributed by atoms with E-state index in [1.54, 1.807) is 41.2 Å². The Kier molecular flexibility index (Phi) is 3.08. The number of rotatable bonds is 2. The zero-order valence-corrected chi connectivity index (χ0v) is 11.8. The van der Waals surface area contributed by atoms with Crippen LogP contribution in [0.4, 0.5) is 8.78 Å². The predicted molar refractivity (Wildman–Crippen MR) is 81.6 cm³/mol. The lowest BCUT2D eigenvalue weighted by molar-refractivity contribution is 0.591. The molecular weight excluding hydrogens is 298 g/mol. The van der Waals surface area contributed by atoms with Gasteiger partial charge in [0.25, 0.3) is 0 Å². The molecule has 23 heavy (non-hydrogen) atoms. The molecule has 1 aromatic carbocycles. The average molecular weight is 308 g/mol. The van der Waals surface area contributed by atoms with E-state index in [1.165, 1.54) is 24.5 Å². The molecule has 0 spiro atoms. The van der Waals surface area contributed by atoms with Gasteiger partial charge in [-0.3, -0.25) is 9.38 Å². The Balaban J connectivity index is 1.98. The first kappa shape index (κ1) is 13.5. The van der Waals surface area contributed by atoms with Crippen molar-refractivity contribution in [2.24, 2.45) is 0 Å². The maximum absolute atomic E-state index is 15.0. The molecule has 0 fully saturated rings. The van der Waals surface area contributed by atoms with E-state index in [1.807, 2.05) is 0 Å². The second-order valence-corrected chi connectivity index (χ2v) is 4.96. The summed E-state index contributed by atoms with van der Waals surface area (Å²) in [5.41, 5.74) is 1.05. The van der Waals surface area contributed by atoms with Gasteiger partial charge in [0, 0.05) is 35.9 Å². The molecule has 3 aromatic heterocycles. The summed E-state index contributed by atoms with van der Waals surface area (Å²) in [6.07, 6.45) is 7.84. The molecule has 0 radical (unpaired) electrons. The van der Waals surface area contributed by atoms with Crippen LogP contribution < -0.4 is 0 Å². The fourth-order valence-corrected chi connectivity index (χ4v) is 2.55. The van der Waals surface area contributed by atoms with E-state index in [0.29, 0.717) is 17.0 Å². The first-order valence-corrected chi connectivity index (χ1v) is 6.92. The van der Waals surface area contributed by atoms with Crippen molar-refractivity contribution in [2.45, 2.75) is 0 Å². The Morgan fingerprint density at radius 3 is 2.65 bits per heavy atom. The number of fused-ring (bicyclic) bond motifs is 1. The van der Waals surface area contributed by atoms with E-state index in [0.717, 1.165) is 0 Å². The number of benzene rings is 1. The van der Waals surface area contributed by atoms with Crippen molar-refractivity contribution < 1.29 is 8.78 Å². The minimum Gasteiger partial charge on any atom is -0.284 e. The summed E-state index contributed by atoms with van der Waals surface area (Å²) in [5.74, 6) is -0.830. The first-order valence-electron chi connectivity index (χ1n) is 6.92. The van der Waals surface area contributed by atoms with Crippen molar-refractivity contribution in [1.82, 2.24) is 19.4 Å². The average Bonchev–Trinajstić information content (AvgIpc) is 3.00. The van der Waals surface area contributed by atoms with E-state index in [4.69, 9.17) is 0 Å². The highest BCUT2D eigenvalue weighted by Crippen LogP contribution is 2.32. The van der Waals surface area contributed by atoms with E-state index < -0.39 is 11.6 Å². The van der Waals surface area contributed by atoms with E-state index in [-0.39, 0.29) is 11.1 Å². The topological polar surface area (TPSA) is 43.1 Å². The summed E-state index contributed by atoms with van der Waals surface area (Å²) in [5, 5.41) is 0. The van der Waals surface area contributed by atoms with Gasteiger partial charge in [0.15, 0.2) is 0 Å². The van der Waals surface area contributed by atoms with Crippen LogP contribution in [0, 0.1) is 11.6 Å². The highest BCUT2D eigenvalue weighted by atomic mass is 19.1. The molecule has 0 saturated carbocycles. The Bertz CT molecular complexity index is 996. The van der Waals surface area contributed by atoms with Gasteiger partial charge in [0.05, 0.1) is 17.5 Å². The van der Waals surface area contributed by atoms with Gasteiger partial charge < -0.3 is 0 Å². The number of aromatic nitrogens is 4. The Labute approximate surface area is 130 Å². The Hall–Kier alpha value is -3.15. The lowest BCUT2D eigenvalue weighted by Crippen LogP contribution is -1.97. The molecule has 4 rings (SSSR count). The first-order chi connectivity index (χ1) is 11.3. The van der Waals surface area contributed by atoms with Crippen molar-refractivity contribution in [1.29, 1.82) is 0 Å². The minimum absolute atomic E-state index is 0.102. The van der Waals surface area contributed by atoms with Crippen molar-refractivity contribution in [3.05, 3.63) is 73.0 Å². The number of pyridine rings is 1. The van der Waals surface area contributed by atoms with Crippen LogP contribution in [0.25, 0.3) is 28.2 Å². The summed E-state index contributed by atoms with van der Waals surface area (Å²) < 4.78 is 30.8. The van der Waals surface area contributed by atoms with Crippen molar-refractivity contribution >= 4 is 5.78 Å². The fraction of sp³-hybridized carbons (Fsp3) is 0. The Morgan fingerprint density at radius 1 is 0.913 bits per heavy atom. The molecule has 4 nitrogen and oxygen atoms in total. The third-order valence-corrected chi connectivity index (χ3v) is 3.61. The molecule has 4 aromatic rings. The van der Waals surface area contributed by atoms with Crippen LogP contribution in [0.15, 0.2) is 61.3 Å². The molecule has 3 heterocycles. The number of hydrogen-bond acceptors (Lipinski definition) is 3. The van der Waals surface area contributed by atoms with Gasteiger partial charge in [-0.25, -0.2) is 18.7 Å². The van der Waals surface area contributed by atoms with Crippen LogP contribution in [0.2, 0.25) is 0 Å². The SMILES string of the molecule is Fc1ccc(-c2cnc3ncccn23)c(F)c1-c1cccnc1. The highest BCUT2D eigenvalue weighted by molar-refractivity contribution is 5.73. The minimum atomic E-state index is -0.649. The fourth-order valence-electron chi connectivity index (χ4n) is 2.55. The molecule has 0 aliphatic rings. The van der Waals surface area contributed by atoms with Gasteiger partial charge in [-0.05, 0) is 24.3 Å². The molecule has 0 N–H and O–H groups in total. The van der Waals surface area contributed by atoms with Crippen molar-refractivity contribution in [2.75, 3.05) is 0 Å². The lowest BCUT2D eigenvalue weighted by Gasteiger charge is -2.09. The summed E-state index contributed by atoms with van der Waals surface area (Å²) in [6.45, 7) is 0. The number of halogens is 2. The zero-order valence-electron chi connectivity index (χ0n) is 11.8. The third-order valence-electron chi connectivity index (χ3n) is 3.61. The summed E-state index contributed by atoms with van der Waals surface area (Å²) >= 11 is 0. The molecule has 0 saturated heterocycles. The second kappa shape index (κ2) is 5.24. The van der Waals surface area contributed by atoms with Crippen molar-refractivity contribution in [3.63, 3.8) is 0 Å². The van der Waals surface area contributed by atoms with E-state index >= 15 is 0 Å². The van der Waals surface area contributed by atoms with Crippen LogP contribution in [-0.4, -0.2) is 19.4 Å². The normalized spacial score (nSPS) is 11.0. The van der Waals surface area contributed by atoms with E-state index in [9.17, 15) is 8.78 Å². The van der Waals surface area contributed by atoms with Gasteiger partial charge in [-0.15, -0.1) is 0 Å². The van der Waals surface area contributed by atoms with Crippen LogP contribution >= 0.6 is 0 Å². The van der Waals surface area contributed by atoms with E-state index in [2.05, 4.69) is 15.0 Å². The zero-order chi connectivity index (χ0) is 15.8. The Morgan fingerprint density at radius 2 is 1.83 bits per heavy atom. The molecule has 0 amide bonds. The largest absolute Gasteiger partial charge is 0.284 e. The van der Waals surface area contributed by atoms with Crippen LogP contribution in [-0.2, 0) is 0 Å². The molecule has 0 aliphatic carbocycles. The molecular formula is C17H10F2N4. The standard InChI is InChI=1S/C17H10F2N4/c18-13-5-4-12(14-10-22-17-21-7-2-8-23(14)17)16(19)15(13)11-3-1-6-20-9-11/h1-10H. The number of hydrogen-bond donors (Lipinski definition) is 0. The smallest absolute Gasteiger partial charge is 0.234 e. The summed E-state index contributed by atoms with van der Waals surface area (Å²) in [7, 11) is 0. The summed E-state index contributed by atoms with van der Waals surface area (Å²) in [6, 6.07) is 7.63. The van der Waals surface area contributed by atoms with Crippen molar-refractivity contribution in [3.8, 4) is 22.4 Å². The van der Waals surface area contributed by atoms with Gasteiger partial charge >= 0.3 is 0 Å². The summed E-state index contributed by atoms with van der Waals surface area (Å²) in [4.78, 5) is 12.2. The second-order valence-electron chi connectivity index (χ2n) is 4.96.